The van der Waals surface area contributed by atoms with Gasteiger partial charge in [0, 0.05) is 16.2 Å². The molecule has 0 fully saturated rings. The quantitative estimate of drug-likeness (QED) is 0.0960. The molecule has 0 amide bonds. The van der Waals surface area contributed by atoms with Gasteiger partial charge in [-0.15, -0.1) is 0 Å². The largest absolute Gasteiger partial charge is 0.508 e. The summed E-state index contributed by atoms with van der Waals surface area (Å²) in [4.78, 5) is 0. The molecule has 0 radical (unpaired) electrons. The Labute approximate surface area is 316 Å². The van der Waals surface area contributed by atoms with Crippen LogP contribution < -0.4 is 0 Å². The Balaban J connectivity index is 1.63. The van der Waals surface area contributed by atoms with Gasteiger partial charge in [0.25, 0.3) is 0 Å². The van der Waals surface area contributed by atoms with Crippen LogP contribution in [0.3, 0.4) is 0 Å². The molecule has 0 aromatic heterocycles. The highest BCUT2D eigenvalue weighted by atomic mass is 16.3. The van der Waals surface area contributed by atoms with Crippen molar-refractivity contribution in [3.05, 3.63) is 219 Å². The van der Waals surface area contributed by atoms with Crippen LogP contribution in [0, 0.1) is 6.92 Å². The van der Waals surface area contributed by atoms with Crippen LogP contribution in [-0.4, -0.2) is 25.5 Å². The first-order chi connectivity index (χ1) is 25.8. The van der Waals surface area contributed by atoms with Crippen molar-refractivity contribution in [1.82, 2.24) is 0 Å². The van der Waals surface area contributed by atoms with Gasteiger partial charge in [-0.1, -0.05) is 109 Å². The van der Waals surface area contributed by atoms with E-state index in [1.165, 1.54) is 0 Å². The van der Waals surface area contributed by atoms with Crippen molar-refractivity contribution in [2.75, 3.05) is 0 Å². The molecule has 0 aliphatic rings. The Morgan fingerprint density at radius 2 is 0.426 bits per heavy atom. The van der Waals surface area contributed by atoms with Gasteiger partial charge >= 0.3 is 0 Å². The molecule has 0 saturated heterocycles. The Kier molecular flexibility index (Phi) is 9.20. The summed E-state index contributed by atoms with van der Waals surface area (Å²) in [6.45, 7) is 8.61. The van der Waals surface area contributed by atoms with Gasteiger partial charge in [-0.3, -0.25) is 0 Å². The number of hydrogen-bond donors (Lipinski definition) is 5. The van der Waals surface area contributed by atoms with Gasteiger partial charge in [0.2, 0.25) is 0 Å². The molecular formula is C49H44O5. The molecule has 0 saturated carbocycles. The fourth-order valence-corrected chi connectivity index (χ4v) is 7.85. The van der Waals surface area contributed by atoms with Gasteiger partial charge in [0.1, 0.15) is 28.7 Å². The van der Waals surface area contributed by atoms with Gasteiger partial charge in [-0.2, -0.15) is 0 Å². The van der Waals surface area contributed by atoms with E-state index in [-0.39, 0.29) is 28.7 Å². The molecule has 5 heteroatoms. The van der Waals surface area contributed by atoms with Gasteiger partial charge in [-0.05, 0) is 138 Å². The average Bonchev–Trinajstić information content (AvgIpc) is 3.18. The normalized spacial score (nSPS) is 13.0. The van der Waals surface area contributed by atoms with Gasteiger partial charge in [0.15, 0.2) is 0 Å². The zero-order valence-corrected chi connectivity index (χ0v) is 30.8. The lowest BCUT2D eigenvalue weighted by atomic mass is 9.63. The van der Waals surface area contributed by atoms with E-state index in [4.69, 9.17) is 0 Å². The number of phenolic OH excluding ortho intramolecular Hbond substituents is 5. The second-order valence-corrected chi connectivity index (χ2v) is 14.8. The van der Waals surface area contributed by atoms with E-state index in [2.05, 4.69) is 70.2 Å². The fourth-order valence-electron chi connectivity index (χ4n) is 7.85. The van der Waals surface area contributed by atoms with E-state index in [1.54, 1.807) is 60.7 Å². The van der Waals surface area contributed by atoms with Crippen LogP contribution in [0.5, 0.6) is 28.7 Å². The molecular weight excluding hydrogens is 669 g/mol. The summed E-state index contributed by atoms with van der Waals surface area (Å²) in [5.74, 6) is 0.819. The van der Waals surface area contributed by atoms with E-state index in [1.807, 2.05) is 60.7 Å². The summed E-state index contributed by atoms with van der Waals surface area (Å²) in [5, 5.41) is 52.0. The molecule has 1 unspecified atom stereocenters. The molecule has 1 atom stereocenters. The number of aryl methyl sites for hydroxylation is 1. The monoisotopic (exact) mass is 712 g/mol. The molecule has 0 bridgehead atoms. The van der Waals surface area contributed by atoms with Crippen LogP contribution in [0.15, 0.2) is 164 Å². The Morgan fingerprint density at radius 1 is 0.259 bits per heavy atom. The topological polar surface area (TPSA) is 101 Å². The summed E-state index contributed by atoms with van der Waals surface area (Å²) in [7, 11) is 0. The third-order valence-electron chi connectivity index (χ3n) is 11.5. The predicted molar refractivity (Wildman–Crippen MR) is 215 cm³/mol. The highest BCUT2D eigenvalue weighted by Gasteiger charge is 2.40. The second kappa shape index (κ2) is 13.8. The number of benzene rings is 7. The maximum Gasteiger partial charge on any atom is 0.115 e. The summed E-state index contributed by atoms with van der Waals surface area (Å²) >= 11 is 0. The lowest BCUT2D eigenvalue weighted by Gasteiger charge is -2.39. The number of hydrogen-bond acceptors (Lipinski definition) is 5. The van der Waals surface area contributed by atoms with Crippen molar-refractivity contribution in [2.45, 2.75) is 43.9 Å². The lowest BCUT2D eigenvalue weighted by molar-refractivity contribution is 0.473. The zero-order valence-electron chi connectivity index (χ0n) is 30.8. The second-order valence-electron chi connectivity index (χ2n) is 14.8. The van der Waals surface area contributed by atoms with E-state index in [0.29, 0.717) is 0 Å². The lowest BCUT2D eigenvalue weighted by Crippen LogP contribution is -2.32. The Hall–Kier alpha value is -6.46. The van der Waals surface area contributed by atoms with E-state index in [0.717, 1.165) is 55.6 Å². The predicted octanol–water partition coefficient (Wildman–Crippen LogP) is 10.6. The molecule has 54 heavy (non-hydrogen) atoms. The molecule has 5 N–H and O–H groups in total. The Bertz CT molecular complexity index is 1950. The standard InChI is InChI=1S/C49H44O5/c1-32-5-7-33(8-6-32)47(2,34-9-19-42(50)20-10-34)39-29-40(48(3,35-11-21-43(51)22-12-35)36-13-23-44(52)24-14-36)31-41(30-39)49(4,37-15-25-45(53)26-16-37)38-17-27-46(54)28-18-38/h5-31,50-54H,1-4H3. The van der Waals surface area contributed by atoms with Gasteiger partial charge < -0.3 is 25.5 Å². The fraction of sp³-hybridized carbons (Fsp3) is 0.143. The summed E-state index contributed by atoms with van der Waals surface area (Å²) in [6, 6.07) is 51.8. The molecule has 5 nitrogen and oxygen atoms in total. The molecule has 7 aromatic rings. The first-order valence-electron chi connectivity index (χ1n) is 18.0. The molecule has 7 rings (SSSR count). The molecule has 270 valence electrons. The van der Waals surface area contributed by atoms with Gasteiger partial charge in [-0.25, -0.2) is 0 Å². The number of rotatable bonds is 9. The van der Waals surface area contributed by atoms with Gasteiger partial charge in [0.05, 0.1) is 0 Å². The SMILES string of the molecule is Cc1ccc(C(C)(c2ccc(O)cc2)c2cc(C(C)(c3ccc(O)cc3)c3ccc(O)cc3)cc(C(C)(c3ccc(O)cc3)c3ccc(O)cc3)c2)cc1. The van der Waals surface area contributed by atoms with Crippen LogP contribution in [0.1, 0.15) is 76.4 Å². The zero-order chi connectivity index (χ0) is 38.3. The third-order valence-corrected chi connectivity index (χ3v) is 11.5. The van der Waals surface area contributed by atoms with Crippen molar-refractivity contribution in [3.8, 4) is 28.7 Å². The summed E-state index contributed by atoms with van der Waals surface area (Å²) < 4.78 is 0. The first-order valence-corrected chi connectivity index (χ1v) is 18.0. The third kappa shape index (κ3) is 6.32. The van der Waals surface area contributed by atoms with E-state index < -0.39 is 16.2 Å². The van der Waals surface area contributed by atoms with Crippen molar-refractivity contribution in [1.29, 1.82) is 0 Å². The smallest absolute Gasteiger partial charge is 0.115 e. The van der Waals surface area contributed by atoms with Crippen LogP contribution in [0.4, 0.5) is 0 Å². The van der Waals surface area contributed by atoms with Crippen molar-refractivity contribution < 1.29 is 25.5 Å². The Morgan fingerprint density at radius 3 is 0.611 bits per heavy atom. The highest BCUT2D eigenvalue weighted by molar-refractivity contribution is 5.61. The van der Waals surface area contributed by atoms with Crippen LogP contribution in [0.25, 0.3) is 0 Å². The van der Waals surface area contributed by atoms with E-state index in [9.17, 15) is 25.5 Å². The first kappa shape index (κ1) is 35.9. The van der Waals surface area contributed by atoms with Crippen LogP contribution in [0.2, 0.25) is 0 Å². The van der Waals surface area contributed by atoms with E-state index >= 15 is 0 Å². The molecule has 0 heterocycles. The number of phenols is 5. The maximum atomic E-state index is 10.4. The minimum Gasteiger partial charge on any atom is -0.508 e. The molecule has 0 aliphatic heterocycles. The average molecular weight is 713 g/mol. The van der Waals surface area contributed by atoms with Crippen molar-refractivity contribution >= 4 is 0 Å². The van der Waals surface area contributed by atoms with Crippen LogP contribution in [-0.2, 0) is 16.2 Å². The minimum atomic E-state index is -0.792. The molecule has 0 aliphatic carbocycles. The van der Waals surface area contributed by atoms with Crippen molar-refractivity contribution in [3.63, 3.8) is 0 Å². The summed E-state index contributed by atoms with van der Waals surface area (Å²) in [6.07, 6.45) is 0. The summed E-state index contributed by atoms with van der Waals surface area (Å²) in [5.41, 5.74) is 7.56. The molecule has 0 spiro atoms. The van der Waals surface area contributed by atoms with Crippen molar-refractivity contribution in [2.24, 2.45) is 0 Å². The highest BCUT2D eigenvalue weighted by Crippen LogP contribution is 2.49. The maximum absolute atomic E-state index is 10.4. The van der Waals surface area contributed by atoms with Crippen LogP contribution >= 0.6 is 0 Å². The number of aromatic hydroxyl groups is 5. The molecule has 7 aromatic carbocycles. The minimum absolute atomic E-state index is 0.160.